The van der Waals surface area contributed by atoms with Crippen LogP contribution in [0.4, 0.5) is 0 Å². The quantitative estimate of drug-likeness (QED) is 0.196. The average Bonchev–Trinajstić information content (AvgIpc) is 2.86. The highest BCUT2D eigenvalue weighted by atomic mass is 16.5. The van der Waals surface area contributed by atoms with Gasteiger partial charge in [0.1, 0.15) is 11.5 Å². The van der Waals surface area contributed by atoms with Crippen molar-refractivity contribution in [3.8, 4) is 11.5 Å². The minimum Gasteiger partial charge on any atom is -0.494 e. The molecule has 7 heteroatoms. The first-order chi connectivity index (χ1) is 16.2. The maximum Gasteiger partial charge on any atom is 0.343 e. The van der Waals surface area contributed by atoms with Gasteiger partial charge in [0.2, 0.25) is 0 Å². The molecule has 1 heterocycles. The molecule has 1 N–H and O–H groups in total. The largest absolute Gasteiger partial charge is 0.494 e. The van der Waals surface area contributed by atoms with Gasteiger partial charge in [0, 0.05) is 18.0 Å². The summed E-state index contributed by atoms with van der Waals surface area (Å²) in [5.74, 6) is 0.0961. The van der Waals surface area contributed by atoms with Crippen LogP contribution in [0.25, 0.3) is 10.8 Å². The van der Waals surface area contributed by atoms with Gasteiger partial charge in [-0.1, -0.05) is 30.3 Å². The van der Waals surface area contributed by atoms with Crippen molar-refractivity contribution in [3.63, 3.8) is 0 Å². The third kappa shape index (κ3) is 5.22. The Labute approximate surface area is 190 Å². The van der Waals surface area contributed by atoms with Crippen molar-refractivity contribution >= 4 is 28.9 Å². The van der Waals surface area contributed by atoms with E-state index in [2.05, 4.69) is 15.5 Å². The summed E-state index contributed by atoms with van der Waals surface area (Å²) in [5.41, 5.74) is 3.82. The third-order valence-corrected chi connectivity index (χ3v) is 4.82. The van der Waals surface area contributed by atoms with Crippen LogP contribution in [0, 0.1) is 0 Å². The van der Waals surface area contributed by atoms with Crippen LogP contribution in [0.5, 0.6) is 11.5 Å². The second kappa shape index (κ2) is 10.2. The summed E-state index contributed by atoms with van der Waals surface area (Å²) < 4.78 is 11.1. The molecule has 33 heavy (non-hydrogen) atoms. The lowest BCUT2D eigenvalue weighted by molar-refractivity contribution is 0.0734. The molecule has 4 aromatic rings. The van der Waals surface area contributed by atoms with E-state index in [-0.39, 0.29) is 0 Å². The average molecular weight is 439 g/mol. The van der Waals surface area contributed by atoms with Crippen LogP contribution in [0.15, 0.2) is 90.3 Å². The number of hydrogen-bond donors (Lipinski definition) is 1. The number of nitrogens with zero attached hydrogens (tertiary/aromatic N) is 2. The summed E-state index contributed by atoms with van der Waals surface area (Å²) in [6.07, 6.45) is 4.51. The molecule has 0 saturated carbocycles. The van der Waals surface area contributed by atoms with Gasteiger partial charge in [-0.2, -0.15) is 5.10 Å². The van der Waals surface area contributed by atoms with Crippen LogP contribution in [0.3, 0.4) is 0 Å². The molecule has 0 aliphatic carbocycles. The standard InChI is InChI=1S/C26H21N3O4/c1-2-32-21-12-9-19(10-13-21)26(31)33-24-14-11-18-6-3-4-8-22(18)23(24)17-28-29-25(30)20-7-5-15-27-16-20/h3-17H,2H2,1H3,(H,29,30)/b28-17-. The number of esters is 1. The summed E-state index contributed by atoms with van der Waals surface area (Å²) >= 11 is 0. The summed E-state index contributed by atoms with van der Waals surface area (Å²) in [5, 5.41) is 5.85. The van der Waals surface area contributed by atoms with E-state index in [0.717, 1.165) is 10.8 Å². The molecule has 0 bridgehead atoms. The molecule has 0 atom stereocenters. The number of rotatable bonds is 7. The van der Waals surface area contributed by atoms with E-state index in [1.54, 1.807) is 48.7 Å². The van der Waals surface area contributed by atoms with Crippen molar-refractivity contribution in [1.82, 2.24) is 10.4 Å². The molecule has 0 spiro atoms. The van der Waals surface area contributed by atoms with Gasteiger partial charge >= 0.3 is 5.97 Å². The first-order valence-corrected chi connectivity index (χ1v) is 10.4. The number of hydrogen-bond acceptors (Lipinski definition) is 6. The Morgan fingerprint density at radius 3 is 2.55 bits per heavy atom. The predicted molar refractivity (Wildman–Crippen MR) is 126 cm³/mol. The third-order valence-electron chi connectivity index (χ3n) is 4.82. The van der Waals surface area contributed by atoms with E-state index in [1.165, 1.54) is 12.4 Å². The van der Waals surface area contributed by atoms with E-state index in [1.807, 2.05) is 37.3 Å². The van der Waals surface area contributed by atoms with Gasteiger partial charge in [0.15, 0.2) is 0 Å². The van der Waals surface area contributed by atoms with Crippen molar-refractivity contribution in [1.29, 1.82) is 0 Å². The zero-order valence-corrected chi connectivity index (χ0v) is 17.9. The monoisotopic (exact) mass is 439 g/mol. The van der Waals surface area contributed by atoms with Crippen molar-refractivity contribution in [2.75, 3.05) is 6.61 Å². The Balaban J connectivity index is 1.59. The van der Waals surface area contributed by atoms with E-state index in [9.17, 15) is 9.59 Å². The fourth-order valence-corrected chi connectivity index (χ4v) is 3.23. The predicted octanol–water partition coefficient (Wildman–Crippen LogP) is 4.62. The molecule has 164 valence electrons. The molecule has 0 aliphatic heterocycles. The lowest BCUT2D eigenvalue weighted by atomic mass is 10.0. The second-order valence-electron chi connectivity index (χ2n) is 6.99. The maximum absolute atomic E-state index is 12.8. The van der Waals surface area contributed by atoms with Crippen LogP contribution in [-0.4, -0.2) is 29.7 Å². The van der Waals surface area contributed by atoms with Crippen molar-refractivity contribution in [3.05, 3.63) is 102 Å². The Morgan fingerprint density at radius 1 is 0.970 bits per heavy atom. The molecule has 0 unspecified atom stereocenters. The number of hydrazone groups is 1. The number of amides is 1. The first kappa shape index (κ1) is 21.7. The molecule has 0 radical (unpaired) electrons. The number of fused-ring (bicyclic) bond motifs is 1. The molecule has 1 aromatic heterocycles. The fourth-order valence-electron chi connectivity index (χ4n) is 3.23. The molecular formula is C26H21N3O4. The highest BCUT2D eigenvalue weighted by molar-refractivity contribution is 6.04. The van der Waals surface area contributed by atoms with Crippen LogP contribution in [0.2, 0.25) is 0 Å². The zero-order chi connectivity index (χ0) is 23.0. The van der Waals surface area contributed by atoms with Gasteiger partial charge in [-0.3, -0.25) is 9.78 Å². The Bertz CT molecular complexity index is 1300. The SMILES string of the molecule is CCOc1ccc(C(=O)Oc2ccc3ccccc3c2/C=N\NC(=O)c2cccnc2)cc1. The highest BCUT2D eigenvalue weighted by Gasteiger charge is 2.14. The van der Waals surface area contributed by atoms with Crippen molar-refractivity contribution < 1.29 is 19.1 Å². The minimum atomic E-state index is -0.512. The van der Waals surface area contributed by atoms with Gasteiger partial charge in [0.25, 0.3) is 5.91 Å². The number of aromatic nitrogens is 1. The minimum absolute atomic E-state index is 0.326. The number of carbonyl (C=O) groups excluding carboxylic acids is 2. The van der Waals surface area contributed by atoms with Crippen LogP contribution < -0.4 is 14.9 Å². The maximum atomic E-state index is 12.8. The Kier molecular flexibility index (Phi) is 6.70. The number of ether oxygens (including phenoxy) is 2. The van der Waals surface area contributed by atoms with Gasteiger partial charge in [-0.15, -0.1) is 0 Å². The molecule has 3 aromatic carbocycles. The lowest BCUT2D eigenvalue weighted by Crippen LogP contribution is -2.18. The van der Waals surface area contributed by atoms with E-state index in [4.69, 9.17) is 9.47 Å². The fraction of sp³-hybridized carbons (Fsp3) is 0.0769. The van der Waals surface area contributed by atoms with Gasteiger partial charge < -0.3 is 9.47 Å². The smallest absolute Gasteiger partial charge is 0.343 e. The van der Waals surface area contributed by atoms with Gasteiger partial charge in [-0.05, 0) is 60.2 Å². The first-order valence-electron chi connectivity index (χ1n) is 10.4. The highest BCUT2D eigenvalue weighted by Crippen LogP contribution is 2.27. The lowest BCUT2D eigenvalue weighted by Gasteiger charge is -2.11. The second-order valence-corrected chi connectivity index (χ2v) is 6.99. The molecule has 7 nitrogen and oxygen atoms in total. The summed E-state index contributed by atoms with van der Waals surface area (Å²) in [7, 11) is 0. The van der Waals surface area contributed by atoms with Crippen LogP contribution >= 0.6 is 0 Å². The van der Waals surface area contributed by atoms with Crippen molar-refractivity contribution in [2.45, 2.75) is 6.92 Å². The molecule has 0 saturated heterocycles. The summed E-state index contributed by atoms with van der Waals surface area (Å²) in [6.45, 7) is 2.44. The van der Waals surface area contributed by atoms with Gasteiger partial charge in [0.05, 0.1) is 23.9 Å². The number of benzene rings is 3. The number of pyridine rings is 1. The molecular weight excluding hydrogens is 418 g/mol. The molecule has 4 rings (SSSR count). The normalized spacial score (nSPS) is 10.8. The Morgan fingerprint density at radius 2 is 1.79 bits per heavy atom. The molecule has 0 aliphatic rings. The summed E-state index contributed by atoms with van der Waals surface area (Å²) in [4.78, 5) is 28.9. The summed E-state index contributed by atoms with van der Waals surface area (Å²) in [6, 6.07) is 21.3. The number of carbonyl (C=O) groups is 2. The molecule has 1 amide bonds. The number of nitrogens with one attached hydrogen (secondary N) is 1. The zero-order valence-electron chi connectivity index (χ0n) is 17.9. The topological polar surface area (TPSA) is 89.9 Å². The van der Waals surface area contributed by atoms with E-state index >= 15 is 0 Å². The molecule has 0 fully saturated rings. The van der Waals surface area contributed by atoms with Gasteiger partial charge in [-0.25, -0.2) is 10.2 Å². The van der Waals surface area contributed by atoms with E-state index < -0.39 is 11.9 Å². The van der Waals surface area contributed by atoms with Crippen molar-refractivity contribution in [2.24, 2.45) is 5.10 Å². The Hall–Kier alpha value is -4.52. The van der Waals surface area contributed by atoms with Crippen LogP contribution in [0.1, 0.15) is 33.2 Å². The van der Waals surface area contributed by atoms with E-state index in [0.29, 0.717) is 34.8 Å². The van der Waals surface area contributed by atoms with Crippen LogP contribution in [-0.2, 0) is 0 Å².